The summed E-state index contributed by atoms with van der Waals surface area (Å²) in [6, 6.07) is -0.543. The zero-order valence-electron chi connectivity index (χ0n) is 50.4. The van der Waals surface area contributed by atoms with Gasteiger partial charge < -0.3 is 20.3 Å². The molecule has 0 fully saturated rings. The fraction of sp³-hybridized carbons (Fsp3) is 0.941. The van der Waals surface area contributed by atoms with E-state index < -0.39 is 12.1 Å². The van der Waals surface area contributed by atoms with Crippen molar-refractivity contribution in [3.05, 3.63) is 12.2 Å². The molecule has 2 atom stereocenters. The first kappa shape index (κ1) is 72.6. The molecule has 0 radical (unpaired) electrons. The maximum absolute atomic E-state index is 12.5. The molecule has 0 aromatic carbocycles. The Morgan fingerprint density at radius 1 is 0.365 bits per heavy atom. The first-order valence-electron chi connectivity index (χ1n) is 33.9. The molecular weight excluding hydrogens is 911 g/mol. The fourth-order valence-corrected chi connectivity index (χ4v) is 10.9. The second-order valence-corrected chi connectivity index (χ2v) is 23.5. The van der Waals surface area contributed by atoms with Gasteiger partial charge in [-0.2, -0.15) is 0 Å². The Labute approximate surface area is 463 Å². The molecule has 0 aromatic rings. The minimum atomic E-state index is -0.665. The second kappa shape index (κ2) is 64.1. The number of rotatable bonds is 64. The van der Waals surface area contributed by atoms with Crippen LogP contribution in [0.1, 0.15) is 386 Å². The van der Waals surface area contributed by atoms with Crippen molar-refractivity contribution in [2.75, 3.05) is 13.2 Å². The molecule has 0 bridgehead atoms. The van der Waals surface area contributed by atoms with Crippen LogP contribution in [0.3, 0.4) is 0 Å². The average molecular weight is 1040 g/mol. The van der Waals surface area contributed by atoms with Crippen LogP contribution in [0.15, 0.2) is 12.2 Å². The van der Waals surface area contributed by atoms with Crippen LogP contribution in [-0.2, 0) is 14.3 Å². The van der Waals surface area contributed by atoms with Crippen LogP contribution in [-0.4, -0.2) is 47.4 Å². The number of hydrogen-bond acceptors (Lipinski definition) is 5. The Balaban J connectivity index is 3.36. The molecule has 0 heterocycles. The van der Waals surface area contributed by atoms with Crippen molar-refractivity contribution in [1.82, 2.24) is 5.32 Å². The van der Waals surface area contributed by atoms with Crippen molar-refractivity contribution >= 4 is 11.9 Å². The van der Waals surface area contributed by atoms with E-state index in [1.54, 1.807) is 0 Å². The van der Waals surface area contributed by atoms with Gasteiger partial charge >= 0.3 is 5.97 Å². The maximum atomic E-state index is 12.5. The van der Waals surface area contributed by atoms with Crippen LogP contribution in [0.4, 0.5) is 0 Å². The Morgan fingerprint density at radius 3 is 0.959 bits per heavy atom. The number of nitrogens with one attached hydrogen (secondary N) is 1. The van der Waals surface area contributed by atoms with Gasteiger partial charge in [0.1, 0.15) is 0 Å². The summed E-state index contributed by atoms with van der Waals surface area (Å²) in [7, 11) is 0. The second-order valence-electron chi connectivity index (χ2n) is 23.5. The van der Waals surface area contributed by atoms with E-state index in [9.17, 15) is 19.8 Å². The Kier molecular flexibility index (Phi) is 62.9. The number of amides is 1. The Bertz CT molecular complexity index is 1110. The maximum Gasteiger partial charge on any atom is 0.305 e. The van der Waals surface area contributed by atoms with Gasteiger partial charge in [-0.25, -0.2) is 0 Å². The minimum absolute atomic E-state index is 0.0188. The van der Waals surface area contributed by atoms with Crippen LogP contribution in [0.2, 0.25) is 0 Å². The monoisotopic (exact) mass is 1040 g/mol. The summed E-state index contributed by atoms with van der Waals surface area (Å²) >= 11 is 0. The number of esters is 1. The van der Waals surface area contributed by atoms with Gasteiger partial charge in [0.25, 0.3) is 0 Å². The van der Waals surface area contributed by atoms with E-state index in [4.69, 9.17) is 4.74 Å². The summed E-state index contributed by atoms with van der Waals surface area (Å²) < 4.78 is 5.51. The van der Waals surface area contributed by atoms with Crippen molar-refractivity contribution in [2.45, 2.75) is 398 Å². The van der Waals surface area contributed by atoms with E-state index in [0.717, 1.165) is 38.5 Å². The van der Waals surface area contributed by atoms with E-state index in [0.29, 0.717) is 25.9 Å². The number of aliphatic hydroxyl groups excluding tert-OH is 2. The molecule has 2 unspecified atom stereocenters. The SMILES string of the molecule is CCCCCCCCCCCCCCCCCCCCC(=O)OCCCCCCCCCCCCCC/C=C\CCCCCCCCCCCC(=O)NC(CO)C(O)CCCCCCCCCCCCCCCC. The standard InChI is InChI=1S/C68H133NO5/c1-3-5-7-9-11-13-15-17-19-20-31-34-38-42-46-50-54-58-62-68(73)74-63-59-55-51-47-43-39-35-32-29-27-25-23-21-22-24-26-28-30-33-37-41-45-49-53-57-61-67(72)69-65(64-70)66(71)60-56-52-48-44-40-36-18-16-14-12-10-8-6-4-2/h22,24,65-66,70-71H,3-21,23,25-64H2,1-2H3,(H,69,72)/b24-22-. The third-order valence-electron chi connectivity index (χ3n) is 16.1. The summed E-state index contributed by atoms with van der Waals surface area (Å²) in [5.41, 5.74) is 0. The fourth-order valence-electron chi connectivity index (χ4n) is 10.9. The number of ether oxygens (including phenoxy) is 1. The molecule has 3 N–H and O–H groups in total. The lowest BCUT2D eigenvalue weighted by atomic mass is 10.0. The summed E-state index contributed by atoms with van der Waals surface area (Å²) in [5.74, 6) is -0.0167. The zero-order valence-corrected chi connectivity index (χ0v) is 50.4. The van der Waals surface area contributed by atoms with Gasteiger partial charge in [0.2, 0.25) is 5.91 Å². The molecule has 1 amide bonds. The van der Waals surface area contributed by atoms with Gasteiger partial charge in [-0.1, -0.05) is 334 Å². The summed E-state index contributed by atoms with van der Waals surface area (Å²) in [5, 5.41) is 23.3. The topological polar surface area (TPSA) is 95.9 Å². The highest BCUT2D eigenvalue weighted by molar-refractivity contribution is 5.76. The molecule has 0 spiro atoms. The van der Waals surface area contributed by atoms with E-state index in [1.807, 2.05) is 0 Å². The van der Waals surface area contributed by atoms with Gasteiger partial charge in [0, 0.05) is 12.8 Å². The lowest BCUT2D eigenvalue weighted by molar-refractivity contribution is -0.143. The van der Waals surface area contributed by atoms with Crippen molar-refractivity contribution in [1.29, 1.82) is 0 Å². The molecule has 0 rings (SSSR count). The number of hydrogen-bond donors (Lipinski definition) is 3. The molecule has 6 nitrogen and oxygen atoms in total. The lowest BCUT2D eigenvalue weighted by Gasteiger charge is -2.22. The van der Waals surface area contributed by atoms with Gasteiger partial charge in [0.05, 0.1) is 25.4 Å². The molecule has 0 aromatic heterocycles. The first-order chi connectivity index (χ1) is 36.5. The highest BCUT2D eigenvalue weighted by Gasteiger charge is 2.20. The van der Waals surface area contributed by atoms with Crippen LogP contribution in [0.5, 0.6) is 0 Å². The van der Waals surface area contributed by atoms with E-state index in [2.05, 4.69) is 31.3 Å². The molecule has 440 valence electrons. The molecule has 0 aliphatic carbocycles. The van der Waals surface area contributed by atoms with Crippen molar-refractivity contribution in [3.8, 4) is 0 Å². The molecule has 74 heavy (non-hydrogen) atoms. The van der Waals surface area contributed by atoms with Crippen LogP contribution >= 0.6 is 0 Å². The summed E-state index contributed by atoms with van der Waals surface area (Å²) in [6.45, 7) is 4.99. The molecule has 6 heteroatoms. The molecule has 0 aliphatic rings. The van der Waals surface area contributed by atoms with E-state index >= 15 is 0 Å². The van der Waals surface area contributed by atoms with Crippen LogP contribution < -0.4 is 5.32 Å². The van der Waals surface area contributed by atoms with Crippen molar-refractivity contribution in [3.63, 3.8) is 0 Å². The molecule has 0 aliphatic heterocycles. The van der Waals surface area contributed by atoms with Gasteiger partial charge in [-0.15, -0.1) is 0 Å². The van der Waals surface area contributed by atoms with E-state index in [-0.39, 0.29) is 18.5 Å². The third-order valence-corrected chi connectivity index (χ3v) is 16.1. The predicted molar refractivity (Wildman–Crippen MR) is 324 cm³/mol. The van der Waals surface area contributed by atoms with Crippen LogP contribution in [0.25, 0.3) is 0 Å². The highest BCUT2D eigenvalue weighted by atomic mass is 16.5. The average Bonchev–Trinajstić information content (AvgIpc) is 3.40. The van der Waals surface area contributed by atoms with Gasteiger partial charge in [0.15, 0.2) is 0 Å². The lowest BCUT2D eigenvalue weighted by Crippen LogP contribution is -2.45. The van der Waals surface area contributed by atoms with Crippen LogP contribution in [0, 0.1) is 0 Å². The number of carbonyl (C=O) groups excluding carboxylic acids is 2. The van der Waals surface area contributed by atoms with Crippen molar-refractivity contribution in [2.24, 2.45) is 0 Å². The number of aliphatic hydroxyl groups is 2. The smallest absolute Gasteiger partial charge is 0.305 e. The zero-order chi connectivity index (χ0) is 53.6. The summed E-state index contributed by atoms with van der Waals surface area (Å²) in [4.78, 5) is 24.6. The largest absolute Gasteiger partial charge is 0.466 e. The Morgan fingerprint density at radius 2 is 0.635 bits per heavy atom. The minimum Gasteiger partial charge on any atom is -0.466 e. The van der Waals surface area contributed by atoms with Gasteiger partial charge in [-0.3, -0.25) is 9.59 Å². The summed E-state index contributed by atoms with van der Waals surface area (Å²) in [6.07, 6.45) is 78.2. The first-order valence-corrected chi connectivity index (χ1v) is 33.9. The quantitative estimate of drug-likeness (QED) is 0.0320. The number of unbranched alkanes of at least 4 members (excludes halogenated alkanes) is 51. The third kappa shape index (κ3) is 59.8. The molecule has 0 saturated carbocycles. The highest BCUT2D eigenvalue weighted by Crippen LogP contribution is 2.19. The van der Waals surface area contributed by atoms with Crippen molar-refractivity contribution < 1.29 is 24.5 Å². The molecular formula is C68H133NO5. The predicted octanol–water partition coefficient (Wildman–Crippen LogP) is 21.6. The molecule has 0 saturated heterocycles. The Hall–Kier alpha value is -1.40. The normalized spacial score (nSPS) is 12.5. The number of allylic oxidation sites excluding steroid dienone is 2. The number of carbonyl (C=O) groups is 2. The van der Waals surface area contributed by atoms with Gasteiger partial charge in [-0.05, 0) is 51.4 Å². The van der Waals surface area contributed by atoms with E-state index in [1.165, 1.54) is 315 Å².